The molecule has 0 atom stereocenters. The monoisotopic (exact) mass is 279 g/mol. The van der Waals surface area contributed by atoms with Crippen LogP contribution in [0.4, 0.5) is 0 Å². The maximum atomic E-state index is 5.86. The van der Waals surface area contributed by atoms with Crippen molar-refractivity contribution in [3.63, 3.8) is 0 Å². The van der Waals surface area contributed by atoms with Crippen molar-refractivity contribution in [2.75, 3.05) is 13.1 Å². The summed E-state index contributed by atoms with van der Waals surface area (Å²) in [6.45, 7) is 2.02. The summed E-state index contributed by atoms with van der Waals surface area (Å²) in [6.07, 6.45) is 9.19. The first-order valence-electron chi connectivity index (χ1n) is 6.45. The second-order valence-corrected chi connectivity index (χ2v) is 5.51. The SMILES string of the molecule is S=C1CCCCCN1C/C=C/c1ccc(Cl)cc1. The van der Waals surface area contributed by atoms with Crippen LogP contribution in [0.15, 0.2) is 30.3 Å². The molecule has 18 heavy (non-hydrogen) atoms. The van der Waals surface area contributed by atoms with E-state index in [4.69, 9.17) is 23.8 Å². The third-order valence-corrected chi connectivity index (χ3v) is 3.89. The molecule has 96 valence electrons. The van der Waals surface area contributed by atoms with Crippen molar-refractivity contribution in [3.05, 3.63) is 40.9 Å². The Labute approximate surface area is 119 Å². The summed E-state index contributed by atoms with van der Waals surface area (Å²) < 4.78 is 0. The van der Waals surface area contributed by atoms with E-state index in [2.05, 4.69) is 17.1 Å². The molecule has 1 aliphatic rings. The van der Waals surface area contributed by atoms with Gasteiger partial charge in [0.1, 0.15) is 0 Å². The average molecular weight is 280 g/mol. The predicted octanol–water partition coefficient (Wildman–Crippen LogP) is 4.56. The molecule has 0 spiro atoms. The maximum Gasteiger partial charge on any atom is 0.0782 e. The summed E-state index contributed by atoms with van der Waals surface area (Å²) >= 11 is 11.3. The minimum Gasteiger partial charge on any atom is -0.362 e. The van der Waals surface area contributed by atoms with Gasteiger partial charge in [0.15, 0.2) is 0 Å². The first-order valence-corrected chi connectivity index (χ1v) is 7.24. The number of rotatable bonds is 3. The number of hydrogen-bond donors (Lipinski definition) is 0. The minimum absolute atomic E-state index is 0.779. The smallest absolute Gasteiger partial charge is 0.0782 e. The van der Waals surface area contributed by atoms with E-state index in [1.54, 1.807) is 0 Å². The lowest BCUT2D eigenvalue weighted by molar-refractivity contribution is 0.462. The third-order valence-electron chi connectivity index (χ3n) is 3.18. The van der Waals surface area contributed by atoms with Crippen molar-refractivity contribution in [1.82, 2.24) is 4.90 Å². The van der Waals surface area contributed by atoms with Gasteiger partial charge in [-0.05, 0) is 37.0 Å². The summed E-state index contributed by atoms with van der Waals surface area (Å²) in [7, 11) is 0. The molecule has 1 aromatic rings. The Hall–Kier alpha value is -0.860. The molecule has 0 radical (unpaired) electrons. The Morgan fingerprint density at radius 2 is 1.94 bits per heavy atom. The normalized spacial score (nSPS) is 17.2. The third kappa shape index (κ3) is 4.11. The van der Waals surface area contributed by atoms with E-state index < -0.39 is 0 Å². The van der Waals surface area contributed by atoms with Gasteiger partial charge in [-0.15, -0.1) is 0 Å². The van der Waals surface area contributed by atoms with Crippen molar-refractivity contribution in [2.24, 2.45) is 0 Å². The first-order chi connectivity index (χ1) is 8.75. The molecule has 0 amide bonds. The second kappa shape index (κ2) is 6.91. The van der Waals surface area contributed by atoms with Crippen molar-refractivity contribution >= 4 is 34.9 Å². The van der Waals surface area contributed by atoms with Crippen LogP contribution in [0.3, 0.4) is 0 Å². The lowest BCUT2D eigenvalue weighted by atomic mass is 10.2. The zero-order valence-electron chi connectivity index (χ0n) is 10.4. The van der Waals surface area contributed by atoms with Crippen LogP contribution >= 0.6 is 23.8 Å². The van der Waals surface area contributed by atoms with E-state index in [-0.39, 0.29) is 0 Å². The summed E-state index contributed by atoms with van der Waals surface area (Å²) in [5, 5.41) is 0.779. The Bertz CT molecular complexity index is 425. The quantitative estimate of drug-likeness (QED) is 0.747. The Morgan fingerprint density at radius 1 is 1.17 bits per heavy atom. The van der Waals surface area contributed by atoms with Gasteiger partial charge in [-0.2, -0.15) is 0 Å². The molecule has 0 aromatic heterocycles. The fourth-order valence-electron chi connectivity index (χ4n) is 2.12. The van der Waals surface area contributed by atoms with E-state index in [0.29, 0.717) is 0 Å². The molecule has 1 nitrogen and oxygen atoms in total. The Balaban J connectivity index is 1.89. The van der Waals surface area contributed by atoms with Crippen LogP contribution in [-0.2, 0) is 0 Å². The number of halogens is 1. The van der Waals surface area contributed by atoms with Crippen molar-refractivity contribution in [2.45, 2.75) is 25.7 Å². The van der Waals surface area contributed by atoms with Crippen LogP contribution in [0.5, 0.6) is 0 Å². The zero-order chi connectivity index (χ0) is 12.8. The van der Waals surface area contributed by atoms with Crippen LogP contribution in [-0.4, -0.2) is 23.0 Å². The summed E-state index contributed by atoms with van der Waals surface area (Å²) in [5.74, 6) is 0. The van der Waals surface area contributed by atoms with E-state index in [1.165, 1.54) is 24.8 Å². The van der Waals surface area contributed by atoms with Gasteiger partial charge in [0.25, 0.3) is 0 Å². The van der Waals surface area contributed by atoms with Gasteiger partial charge in [-0.1, -0.05) is 54.5 Å². The molecule has 0 N–H and O–H groups in total. The minimum atomic E-state index is 0.779. The fraction of sp³-hybridized carbons (Fsp3) is 0.400. The number of benzene rings is 1. The molecule has 1 fully saturated rings. The summed E-state index contributed by atoms with van der Waals surface area (Å²) in [5.41, 5.74) is 1.18. The highest BCUT2D eigenvalue weighted by Crippen LogP contribution is 2.13. The molecule has 1 aliphatic heterocycles. The van der Waals surface area contributed by atoms with Crippen molar-refractivity contribution in [1.29, 1.82) is 0 Å². The number of thiocarbonyl (C=S) groups is 1. The molecular weight excluding hydrogens is 262 g/mol. The van der Waals surface area contributed by atoms with Gasteiger partial charge in [-0.3, -0.25) is 0 Å². The molecular formula is C15H18ClNS. The van der Waals surface area contributed by atoms with Crippen molar-refractivity contribution in [3.8, 4) is 0 Å². The highest BCUT2D eigenvalue weighted by molar-refractivity contribution is 7.80. The topological polar surface area (TPSA) is 3.24 Å². The van der Waals surface area contributed by atoms with Gasteiger partial charge >= 0.3 is 0 Å². The molecule has 3 heteroatoms. The number of hydrogen-bond acceptors (Lipinski definition) is 1. The van der Waals surface area contributed by atoms with Crippen LogP contribution < -0.4 is 0 Å². The van der Waals surface area contributed by atoms with Crippen LogP contribution in [0.1, 0.15) is 31.2 Å². The molecule has 1 saturated heterocycles. The Kier molecular flexibility index (Phi) is 5.21. The van der Waals surface area contributed by atoms with E-state index in [9.17, 15) is 0 Å². The van der Waals surface area contributed by atoms with Gasteiger partial charge in [-0.25, -0.2) is 0 Å². The highest BCUT2D eigenvalue weighted by atomic mass is 35.5. The van der Waals surface area contributed by atoms with Crippen LogP contribution in [0.25, 0.3) is 6.08 Å². The number of nitrogens with zero attached hydrogens (tertiary/aromatic N) is 1. The number of likely N-dealkylation sites (tertiary alicyclic amines) is 1. The molecule has 2 rings (SSSR count). The summed E-state index contributed by atoms with van der Waals surface area (Å²) in [4.78, 5) is 3.43. The molecule has 1 heterocycles. The van der Waals surface area contributed by atoms with Gasteiger partial charge < -0.3 is 4.90 Å². The predicted molar refractivity (Wildman–Crippen MR) is 83.1 cm³/mol. The van der Waals surface area contributed by atoms with Gasteiger partial charge in [0.2, 0.25) is 0 Å². The first kappa shape index (κ1) is 13.6. The average Bonchev–Trinajstić information content (AvgIpc) is 2.57. The standard InChI is InChI=1S/C15H18ClNS/c16-14-9-7-13(8-10-14)5-4-12-17-11-3-1-2-6-15(17)18/h4-5,7-10H,1-3,6,11-12H2/b5-4+. The van der Waals surface area contributed by atoms with Gasteiger partial charge in [0.05, 0.1) is 4.99 Å². The van der Waals surface area contributed by atoms with Gasteiger partial charge in [0, 0.05) is 18.1 Å². The zero-order valence-corrected chi connectivity index (χ0v) is 12.0. The second-order valence-electron chi connectivity index (χ2n) is 4.60. The van der Waals surface area contributed by atoms with Crippen LogP contribution in [0.2, 0.25) is 5.02 Å². The van der Waals surface area contributed by atoms with E-state index in [0.717, 1.165) is 29.5 Å². The van der Waals surface area contributed by atoms with E-state index >= 15 is 0 Å². The molecule has 0 saturated carbocycles. The lowest BCUT2D eigenvalue weighted by Crippen LogP contribution is -2.28. The van der Waals surface area contributed by atoms with Crippen LogP contribution in [0, 0.1) is 0 Å². The largest absolute Gasteiger partial charge is 0.362 e. The maximum absolute atomic E-state index is 5.86. The summed E-state index contributed by atoms with van der Waals surface area (Å²) in [6, 6.07) is 7.88. The molecule has 0 bridgehead atoms. The Morgan fingerprint density at radius 3 is 2.72 bits per heavy atom. The van der Waals surface area contributed by atoms with Crippen molar-refractivity contribution < 1.29 is 0 Å². The molecule has 0 unspecified atom stereocenters. The highest BCUT2D eigenvalue weighted by Gasteiger charge is 2.11. The molecule has 1 aromatic carbocycles. The fourth-order valence-corrected chi connectivity index (χ4v) is 2.56. The molecule has 0 aliphatic carbocycles. The lowest BCUT2D eigenvalue weighted by Gasteiger charge is -2.21. The van der Waals surface area contributed by atoms with E-state index in [1.807, 2.05) is 24.3 Å².